The van der Waals surface area contributed by atoms with Crippen molar-refractivity contribution in [2.24, 2.45) is 0 Å². The average Bonchev–Trinajstić information content (AvgIpc) is 2.31. The first-order valence-electron chi connectivity index (χ1n) is 3.54. The highest BCUT2D eigenvalue weighted by molar-refractivity contribution is 7.92. The van der Waals surface area contributed by atoms with Crippen LogP contribution in [0.4, 0.5) is 0 Å². The Balaban J connectivity index is 3.12. The molecule has 0 aliphatic carbocycles. The van der Waals surface area contributed by atoms with E-state index >= 15 is 0 Å². The lowest BCUT2D eigenvalue weighted by molar-refractivity contribution is -0.139. The van der Waals surface area contributed by atoms with Crippen LogP contribution in [0.3, 0.4) is 0 Å². The first-order valence-corrected chi connectivity index (χ1v) is 5.43. The normalized spacial score (nSPS) is 30.4. The Kier molecular flexibility index (Phi) is 2.13. The van der Waals surface area contributed by atoms with E-state index in [9.17, 15) is 13.2 Å². The molecule has 0 saturated carbocycles. The highest BCUT2D eigenvalue weighted by Crippen LogP contribution is 2.24. The lowest BCUT2D eigenvalue weighted by Crippen LogP contribution is -2.47. The van der Waals surface area contributed by atoms with Gasteiger partial charge in [0.25, 0.3) is 0 Å². The van der Waals surface area contributed by atoms with Gasteiger partial charge in [0.1, 0.15) is 0 Å². The standard InChI is InChI=1S/C6H11NO4S/c1-12(10,11)6(5(8)9)2-3-7-4-6/h7H,2-4H2,1H3,(H,8,9). The minimum Gasteiger partial charge on any atom is -0.480 e. The van der Waals surface area contributed by atoms with E-state index in [2.05, 4.69) is 5.32 Å². The molecule has 0 bridgehead atoms. The monoisotopic (exact) mass is 193 g/mol. The number of carboxylic acids is 1. The van der Waals surface area contributed by atoms with Crippen molar-refractivity contribution in [1.29, 1.82) is 0 Å². The molecule has 1 fully saturated rings. The summed E-state index contributed by atoms with van der Waals surface area (Å²) in [6, 6.07) is 0. The highest BCUT2D eigenvalue weighted by Gasteiger charge is 2.50. The van der Waals surface area contributed by atoms with Crippen LogP contribution in [0, 0.1) is 0 Å². The number of carbonyl (C=O) groups is 1. The molecule has 0 spiro atoms. The molecule has 0 amide bonds. The fraction of sp³-hybridized carbons (Fsp3) is 0.833. The summed E-state index contributed by atoms with van der Waals surface area (Å²) in [6.45, 7) is 0.459. The minimum absolute atomic E-state index is 0.0150. The maximum Gasteiger partial charge on any atom is 0.326 e. The molecule has 1 rings (SSSR count). The molecule has 6 heteroatoms. The summed E-state index contributed by atoms with van der Waals surface area (Å²) < 4.78 is 20.8. The number of nitrogens with one attached hydrogen (secondary N) is 1. The molecule has 0 aromatic carbocycles. The fourth-order valence-electron chi connectivity index (χ4n) is 1.33. The van der Waals surface area contributed by atoms with Gasteiger partial charge in [0, 0.05) is 12.8 Å². The highest BCUT2D eigenvalue weighted by atomic mass is 32.2. The second-order valence-corrected chi connectivity index (χ2v) is 5.32. The van der Waals surface area contributed by atoms with Crippen molar-refractivity contribution in [3.05, 3.63) is 0 Å². The number of carboxylic acid groups (broad SMARTS) is 1. The van der Waals surface area contributed by atoms with Crippen LogP contribution in [-0.4, -0.2) is 43.6 Å². The van der Waals surface area contributed by atoms with Gasteiger partial charge in [-0.3, -0.25) is 4.79 Å². The molecule has 0 aromatic heterocycles. The zero-order valence-corrected chi connectivity index (χ0v) is 7.52. The molecule has 1 aliphatic heterocycles. The Hall–Kier alpha value is -0.620. The Bertz CT molecular complexity index is 289. The van der Waals surface area contributed by atoms with Crippen LogP contribution in [0.1, 0.15) is 6.42 Å². The van der Waals surface area contributed by atoms with E-state index in [1.807, 2.05) is 0 Å². The van der Waals surface area contributed by atoms with Gasteiger partial charge in [0.15, 0.2) is 14.6 Å². The van der Waals surface area contributed by atoms with Gasteiger partial charge in [-0.2, -0.15) is 0 Å². The van der Waals surface area contributed by atoms with Crippen molar-refractivity contribution in [3.63, 3.8) is 0 Å². The van der Waals surface area contributed by atoms with E-state index in [0.717, 1.165) is 6.26 Å². The van der Waals surface area contributed by atoms with Gasteiger partial charge in [-0.05, 0) is 13.0 Å². The van der Waals surface area contributed by atoms with Gasteiger partial charge >= 0.3 is 5.97 Å². The van der Waals surface area contributed by atoms with Crippen molar-refractivity contribution >= 4 is 15.8 Å². The first kappa shape index (κ1) is 9.47. The van der Waals surface area contributed by atoms with E-state index in [0.29, 0.717) is 6.54 Å². The molecule has 1 heterocycles. The summed E-state index contributed by atoms with van der Waals surface area (Å²) >= 11 is 0. The van der Waals surface area contributed by atoms with Crippen molar-refractivity contribution in [2.75, 3.05) is 19.3 Å². The maximum atomic E-state index is 11.2. The molecule has 0 radical (unpaired) electrons. The third-order valence-corrected chi connectivity index (χ3v) is 4.16. The lowest BCUT2D eigenvalue weighted by Gasteiger charge is -2.19. The summed E-state index contributed by atoms with van der Waals surface area (Å²) in [7, 11) is -3.53. The molecule has 0 aromatic rings. The van der Waals surface area contributed by atoms with Crippen molar-refractivity contribution in [2.45, 2.75) is 11.2 Å². The zero-order valence-electron chi connectivity index (χ0n) is 6.70. The first-order chi connectivity index (χ1) is 5.40. The topological polar surface area (TPSA) is 83.5 Å². The SMILES string of the molecule is CS(=O)(=O)C1(C(=O)O)CCNC1. The van der Waals surface area contributed by atoms with Crippen LogP contribution < -0.4 is 5.32 Å². The van der Waals surface area contributed by atoms with Crippen LogP contribution in [0.25, 0.3) is 0 Å². The Morgan fingerprint density at radius 3 is 2.33 bits per heavy atom. The molecule has 2 N–H and O–H groups in total. The van der Waals surface area contributed by atoms with Crippen molar-refractivity contribution < 1.29 is 18.3 Å². The lowest BCUT2D eigenvalue weighted by atomic mass is 10.1. The Morgan fingerprint density at radius 2 is 2.17 bits per heavy atom. The molecule has 1 atom stereocenters. The largest absolute Gasteiger partial charge is 0.480 e. The Morgan fingerprint density at radius 1 is 1.58 bits per heavy atom. The van der Waals surface area contributed by atoms with E-state index in [1.165, 1.54) is 0 Å². The summed E-state index contributed by atoms with van der Waals surface area (Å²) in [4.78, 5) is 10.8. The summed E-state index contributed by atoms with van der Waals surface area (Å²) in [5.74, 6) is -1.25. The Labute approximate surface area is 70.7 Å². The average molecular weight is 193 g/mol. The van der Waals surface area contributed by atoms with E-state index in [1.54, 1.807) is 0 Å². The van der Waals surface area contributed by atoms with Crippen LogP contribution in [-0.2, 0) is 14.6 Å². The van der Waals surface area contributed by atoms with Crippen LogP contribution in [0.2, 0.25) is 0 Å². The number of hydrogen-bond donors (Lipinski definition) is 2. The van der Waals surface area contributed by atoms with Crippen molar-refractivity contribution in [3.8, 4) is 0 Å². The van der Waals surface area contributed by atoms with E-state index < -0.39 is 20.6 Å². The molecule has 5 nitrogen and oxygen atoms in total. The molecule has 1 aliphatic rings. The second kappa shape index (κ2) is 2.70. The van der Waals surface area contributed by atoms with Crippen LogP contribution in [0.15, 0.2) is 0 Å². The third-order valence-electron chi connectivity index (χ3n) is 2.22. The predicted octanol–water partition coefficient (Wildman–Crippen LogP) is -1.15. The van der Waals surface area contributed by atoms with Gasteiger partial charge in [-0.25, -0.2) is 8.42 Å². The fourth-order valence-corrected chi connectivity index (χ4v) is 2.48. The molecule has 1 saturated heterocycles. The summed E-state index contributed by atoms with van der Waals surface area (Å²) in [5.41, 5.74) is 0. The van der Waals surface area contributed by atoms with Crippen molar-refractivity contribution in [1.82, 2.24) is 5.32 Å². The summed E-state index contributed by atoms with van der Waals surface area (Å²) in [6.07, 6.45) is 1.12. The zero-order chi connectivity index (χ0) is 9.41. The number of aliphatic carboxylic acids is 1. The van der Waals surface area contributed by atoms with Gasteiger partial charge in [-0.1, -0.05) is 0 Å². The molecular weight excluding hydrogens is 182 g/mol. The van der Waals surface area contributed by atoms with Gasteiger partial charge < -0.3 is 10.4 Å². The third kappa shape index (κ3) is 1.21. The second-order valence-electron chi connectivity index (χ2n) is 3.00. The quantitative estimate of drug-likeness (QED) is 0.578. The van der Waals surface area contributed by atoms with Gasteiger partial charge in [-0.15, -0.1) is 0 Å². The van der Waals surface area contributed by atoms with Gasteiger partial charge in [0.05, 0.1) is 0 Å². The molecule has 12 heavy (non-hydrogen) atoms. The minimum atomic E-state index is -3.53. The summed E-state index contributed by atoms with van der Waals surface area (Å²) in [5, 5.41) is 11.5. The number of sulfone groups is 1. The van der Waals surface area contributed by atoms with Gasteiger partial charge in [0.2, 0.25) is 0 Å². The number of rotatable bonds is 2. The van der Waals surface area contributed by atoms with E-state index in [-0.39, 0.29) is 13.0 Å². The van der Waals surface area contributed by atoms with Crippen LogP contribution >= 0.6 is 0 Å². The maximum absolute atomic E-state index is 11.2. The molecule has 1 unspecified atom stereocenters. The molecule has 70 valence electrons. The smallest absolute Gasteiger partial charge is 0.326 e. The predicted molar refractivity (Wildman–Crippen MR) is 42.7 cm³/mol. The number of hydrogen-bond acceptors (Lipinski definition) is 4. The van der Waals surface area contributed by atoms with Crippen LogP contribution in [0.5, 0.6) is 0 Å². The van der Waals surface area contributed by atoms with E-state index in [4.69, 9.17) is 5.11 Å². The molecular formula is C6H11NO4S.